The summed E-state index contributed by atoms with van der Waals surface area (Å²) >= 11 is 0. The molecular weight excluding hydrogens is 464 g/mol. The number of rotatable bonds is 5. The molecule has 2 amide bonds. The van der Waals surface area contributed by atoms with Gasteiger partial charge in [-0.25, -0.2) is 9.58 Å². The van der Waals surface area contributed by atoms with Crippen LogP contribution in [0.15, 0.2) is 73.1 Å². The lowest BCUT2D eigenvalue weighted by atomic mass is 9.98. The summed E-state index contributed by atoms with van der Waals surface area (Å²) in [7, 11) is 0. The second-order valence-corrected chi connectivity index (χ2v) is 9.77. The van der Waals surface area contributed by atoms with Crippen LogP contribution in [0.4, 0.5) is 5.69 Å². The molecule has 0 aliphatic carbocycles. The van der Waals surface area contributed by atoms with Crippen molar-refractivity contribution in [1.29, 1.82) is 0 Å². The molecule has 0 unspecified atom stereocenters. The van der Waals surface area contributed by atoms with Crippen LogP contribution >= 0.6 is 0 Å². The van der Waals surface area contributed by atoms with Crippen LogP contribution in [0.5, 0.6) is 5.88 Å². The first-order valence-corrected chi connectivity index (χ1v) is 12.2. The molecule has 7 nitrogen and oxygen atoms in total. The van der Waals surface area contributed by atoms with Gasteiger partial charge in [0.05, 0.1) is 17.1 Å². The van der Waals surface area contributed by atoms with Gasteiger partial charge in [-0.1, -0.05) is 44.2 Å². The molecule has 186 valence electrons. The number of benzene rings is 2. The van der Waals surface area contributed by atoms with Gasteiger partial charge in [-0.15, -0.1) is 0 Å². The van der Waals surface area contributed by atoms with Gasteiger partial charge >= 0.3 is 5.91 Å². The van der Waals surface area contributed by atoms with Crippen molar-refractivity contribution in [1.82, 2.24) is 9.78 Å². The van der Waals surface area contributed by atoms with E-state index in [1.807, 2.05) is 65.0 Å². The van der Waals surface area contributed by atoms with Crippen molar-refractivity contribution >= 4 is 28.8 Å². The molecule has 0 fully saturated rings. The van der Waals surface area contributed by atoms with E-state index in [0.717, 1.165) is 21.6 Å². The zero-order valence-corrected chi connectivity index (χ0v) is 21.5. The molecule has 2 aromatic carbocycles. The normalized spacial score (nSPS) is 13.8. The Hall–Kier alpha value is -4.52. The van der Waals surface area contributed by atoms with Crippen LogP contribution in [-0.2, 0) is 9.59 Å². The zero-order valence-electron chi connectivity index (χ0n) is 21.5. The van der Waals surface area contributed by atoms with E-state index in [9.17, 15) is 14.7 Å². The highest BCUT2D eigenvalue weighted by Crippen LogP contribution is 2.40. The van der Waals surface area contributed by atoms with Crippen LogP contribution < -0.4 is 14.6 Å². The standard InChI is InChI=1S/C30H28N4O3/c1-18(2)26-24(29(36)34(31-26)22-11-7-6-8-12-22)25-27(32-16-20(4)14-21(5)17-32)30(37)33(28(25)35)23-13-9-10-19(3)15-23/h6-18H,1-5H3. The first kappa shape index (κ1) is 24.2. The van der Waals surface area contributed by atoms with Crippen LogP contribution in [0, 0.1) is 20.8 Å². The number of anilines is 1. The summed E-state index contributed by atoms with van der Waals surface area (Å²) in [4.78, 5) is 29.3. The van der Waals surface area contributed by atoms with Crippen LogP contribution in [0.1, 0.15) is 47.7 Å². The van der Waals surface area contributed by atoms with Crippen molar-refractivity contribution in [3.8, 4) is 11.6 Å². The Bertz CT molecular complexity index is 1560. The topological polar surface area (TPSA) is 82.1 Å². The third-order valence-electron chi connectivity index (χ3n) is 6.39. The molecule has 1 aliphatic heterocycles. The fraction of sp³-hybridized carbons (Fsp3) is 0.200. The van der Waals surface area contributed by atoms with Crippen LogP contribution in [0.3, 0.4) is 0 Å². The molecule has 0 saturated carbocycles. The molecule has 0 atom stereocenters. The monoisotopic (exact) mass is 492 g/mol. The highest BCUT2D eigenvalue weighted by atomic mass is 16.3. The van der Waals surface area contributed by atoms with Crippen molar-refractivity contribution in [3.05, 3.63) is 101 Å². The molecule has 7 heteroatoms. The zero-order chi connectivity index (χ0) is 26.4. The minimum Gasteiger partial charge on any atom is -0.858 e. The number of pyridine rings is 1. The summed E-state index contributed by atoms with van der Waals surface area (Å²) in [6, 6.07) is 18.3. The van der Waals surface area contributed by atoms with Gasteiger partial charge in [-0.3, -0.25) is 9.59 Å². The van der Waals surface area contributed by atoms with Crippen molar-refractivity contribution in [2.24, 2.45) is 0 Å². The largest absolute Gasteiger partial charge is 0.858 e. The Balaban J connectivity index is 1.82. The predicted octanol–water partition coefficient (Wildman–Crippen LogP) is 4.22. The number of aromatic nitrogens is 3. The maximum absolute atomic E-state index is 14.1. The van der Waals surface area contributed by atoms with E-state index in [1.165, 1.54) is 4.68 Å². The number of carbonyl (C=O) groups is 2. The number of carbonyl (C=O) groups excluding carboxylic acids is 2. The molecule has 4 aromatic rings. The number of para-hydroxylation sites is 1. The molecule has 3 heterocycles. The summed E-state index contributed by atoms with van der Waals surface area (Å²) in [6.07, 6.45) is 3.60. The fourth-order valence-electron chi connectivity index (χ4n) is 4.83. The second-order valence-electron chi connectivity index (χ2n) is 9.77. The lowest BCUT2D eigenvalue weighted by Crippen LogP contribution is -2.40. The van der Waals surface area contributed by atoms with Gasteiger partial charge in [0.25, 0.3) is 11.6 Å². The molecule has 1 aliphatic rings. The van der Waals surface area contributed by atoms with E-state index in [0.29, 0.717) is 17.1 Å². The number of hydrogen-bond donors (Lipinski definition) is 0. The first-order valence-electron chi connectivity index (χ1n) is 12.2. The summed E-state index contributed by atoms with van der Waals surface area (Å²) in [5.74, 6) is -1.62. The lowest BCUT2D eigenvalue weighted by Gasteiger charge is -2.16. The Labute approximate surface area is 215 Å². The van der Waals surface area contributed by atoms with E-state index in [-0.39, 0.29) is 22.8 Å². The number of amides is 2. The summed E-state index contributed by atoms with van der Waals surface area (Å²) in [6.45, 7) is 9.60. The molecule has 37 heavy (non-hydrogen) atoms. The maximum atomic E-state index is 14.1. The summed E-state index contributed by atoms with van der Waals surface area (Å²) in [5, 5.41) is 18.6. The highest BCUT2D eigenvalue weighted by molar-refractivity contribution is 6.53. The van der Waals surface area contributed by atoms with E-state index in [2.05, 4.69) is 5.10 Å². The van der Waals surface area contributed by atoms with Crippen molar-refractivity contribution in [2.75, 3.05) is 4.90 Å². The smallest absolute Gasteiger partial charge is 0.331 e. The SMILES string of the molecule is Cc1cccc(N2C(=O)C(c3c(C(C)C)nn(-c4ccccc4)c3[O-])=C([n+]3cc(C)cc(C)c3)C2=O)c1. The average Bonchev–Trinajstić information content (AvgIpc) is 3.31. The Kier molecular flexibility index (Phi) is 5.99. The quantitative estimate of drug-likeness (QED) is 0.309. The molecule has 2 aromatic heterocycles. The van der Waals surface area contributed by atoms with Gasteiger partial charge in [0, 0.05) is 16.7 Å². The Morgan fingerprint density at radius 1 is 0.811 bits per heavy atom. The average molecular weight is 493 g/mol. The first-order chi connectivity index (χ1) is 17.7. The molecule has 0 bridgehead atoms. The van der Waals surface area contributed by atoms with Crippen LogP contribution in [0.25, 0.3) is 17.0 Å². The molecule has 0 saturated heterocycles. The molecular formula is C30H28N4O3. The van der Waals surface area contributed by atoms with Gasteiger partial charge in [0.1, 0.15) is 5.57 Å². The van der Waals surface area contributed by atoms with E-state index in [4.69, 9.17) is 0 Å². The second kappa shape index (κ2) is 9.17. The number of nitrogens with zero attached hydrogens (tertiary/aromatic N) is 4. The third-order valence-corrected chi connectivity index (χ3v) is 6.39. The van der Waals surface area contributed by atoms with Crippen LogP contribution in [0.2, 0.25) is 0 Å². The Morgan fingerprint density at radius 2 is 1.46 bits per heavy atom. The van der Waals surface area contributed by atoms with Crippen molar-refractivity contribution in [3.63, 3.8) is 0 Å². The highest BCUT2D eigenvalue weighted by Gasteiger charge is 2.48. The van der Waals surface area contributed by atoms with E-state index in [1.54, 1.807) is 47.3 Å². The van der Waals surface area contributed by atoms with Gasteiger partial charge < -0.3 is 5.11 Å². The number of imide groups is 1. The summed E-state index contributed by atoms with van der Waals surface area (Å²) in [5.41, 5.74) is 4.65. The lowest BCUT2D eigenvalue weighted by molar-refractivity contribution is -0.577. The molecule has 0 N–H and O–H groups in total. The van der Waals surface area contributed by atoms with Gasteiger partial charge in [0.2, 0.25) is 0 Å². The van der Waals surface area contributed by atoms with Crippen molar-refractivity contribution < 1.29 is 19.3 Å². The van der Waals surface area contributed by atoms with Gasteiger partial charge in [-0.2, -0.15) is 9.67 Å². The third kappa shape index (κ3) is 4.12. The Morgan fingerprint density at radius 3 is 2.08 bits per heavy atom. The fourth-order valence-corrected chi connectivity index (χ4v) is 4.83. The minimum absolute atomic E-state index is 0.0670. The minimum atomic E-state index is -0.538. The van der Waals surface area contributed by atoms with E-state index < -0.39 is 17.7 Å². The molecule has 0 spiro atoms. The molecule has 5 rings (SSSR count). The van der Waals surface area contributed by atoms with Crippen LogP contribution in [-0.4, -0.2) is 21.6 Å². The van der Waals surface area contributed by atoms with Gasteiger partial charge in [-0.05, 0) is 68.5 Å². The van der Waals surface area contributed by atoms with Gasteiger partial charge in [0.15, 0.2) is 12.4 Å². The maximum Gasteiger partial charge on any atom is 0.331 e. The van der Waals surface area contributed by atoms with Crippen molar-refractivity contribution in [2.45, 2.75) is 40.5 Å². The molecule has 0 radical (unpaired) electrons. The number of hydrogen-bond acceptors (Lipinski definition) is 4. The van der Waals surface area contributed by atoms with E-state index >= 15 is 0 Å². The number of aryl methyl sites for hydroxylation is 3. The summed E-state index contributed by atoms with van der Waals surface area (Å²) < 4.78 is 2.98. The predicted molar refractivity (Wildman–Crippen MR) is 140 cm³/mol.